The molecule has 0 aliphatic carbocycles. The first-order valence-corrected chi connectivity index (χ1v) is 5.63. The molecule has 0 radical (unpaired) electrons. The van der Waals surface area contributed by atoms with Crippen LogP contribution in [0.25, 0.3) is 0 Å². The van der Waals surface area contributed by atoms with Crippen molar-refractivity contribution in [2.24, 2.45) is 4.99 Å². The van der Waals surface area contributed by atoms with E-state index in [0.717, 1.165) is 12.1 Å². The minimum absolute atomic E-state index is 0.0426. The summed E-state index contributed by atoms with van der Waals surface area (Å²) in [6.07, 6.45) is 1.01. The minimum atomic E-state index is 0.0426. The Bertz CT molecular complexity index is 405. The third-order valence-electron chi connectivity index (χ3n) is 2.59. The molecule has 0 saturated carbocycles. The van der Waals surface area contributed by atoms with Crippen LogP contribution in [0.3, 0.4) is 0 Å². The summed E-state index contributed by atoms with van der Waals surface area (Å²) in [4.78, 5) is 4.69. The van der Waals surface area contributed by atoms with Gasteiger partial charge in [-0.05, 0) is 44.4 Å². The zero-order chi connectivity index (χ0) is 10.3. The molecule has 1 heterocycles. The lowest BCUT2D eigenvalue weighted by atomic mass is 9.87. The van der Waals surface area contributed by atoms with Gasteiger partial charge in [-0.15, -0.1) is 0 Å². The van der Waals surface area contributed by atoms with Gasteiger partial charge in [0.25, 0.3) is 0 Å². The highest BCUT2D eigenvalue weighted by molar-refractivity contribution is 9.10. The summed E-state index contributed by atoms with van der Waals surface area (Å²) < 4.78 is 1.21. The number of hydrogen-bond acceptors (Lipinski definition) is 1. The Hall–Kier alpha value is -0.630. The zero-order valence-electron chi connectivity index (χ0n) is 8.76. The Balaban J connectivity index is 2.62. The van der Waals surface area contributed by atoms with E-state index in [1.54, 1.807) is 0 Å². The van der Waals surface area contributed by atoms with Gasteiger partial charge in [0.2, 0.25) is 0 Å². The van der Waals surface area contributed by atoms with Gasteiger partial charge in [0.05, 0.1) is 5.54 Å². The van der Waals surface area contributed by atoms with Crippen LogP contribution in [0.5, 0.6) is 0 Å². The van der Waals surface area contributed by atoms with Crippen LogP contribution < -0.4 is 0 Å². The van der Waals surface area contributed by atoms with E-state index in [9.17, 15) is 0 Å². The maximum Gasteiger partial charge on any atom is 0.0596 e. The quantitative estimate of drug-likeness (QED) is 0.669. The highest BCUT2D eigenvalue weighted by Gasteiger charge is 2.25. The van der Waals surface area contributed by atoms with Crippen LogP contribution in [-0.2, 0) is 6.42 Å². The van der Waals surface area contributed by atoms with Crippen molar-refractivity contribution in [2.75, 3.05) is 0 Å². The average molecular weight is 252 g/mol. The second kappa shape index (κ2) is 3.20. The minimum Gasteiger partial charge on any atom is -0.283 e. The molecule has 14 heavy (non-hydrogen) atoms. The third-order valence-corrected chi connectivity index (χ3v) is 3.33. The fraction of sp³-hybridized carbons (Fsp3) is 0.417. The van der Waals surface area contributed by atoms with Crippen molar-refractivity contribution in [3.8, 4) is 0 Å². The second-order valence-corrected chi connectivity index (χ2v) is 5.31. The lowest BCUT2D eigenvalue weighted by Crippen LogP contribution is -2.28. The molecule has 1 aromatic carbocycles. The van der Waals surface area contributed by atoms with E-state index < -0.39 is 0 Å². The van der Waals surface area contributed by atoms with Gasteiger partial charge >= 0.3 is 0 Å². The molecule has 0 atom stereocenters. The third kappa shape index (κ3) is 1.63. The highest BCUT2D eigenvalue weighted by atomic mass is 79.9. The normalized spacial score (nSPS) is 18.7. The van der Waals surface area contributed by atoms with E-state index in [-0.39, 0.29) is 5.54 Å². The van der Waals surface area contributed by atoms with Gasteiger partial charge in [-0.1, -0.05) is 28.1 Å². The van der Waals surface area contributed by atoms with E-state index in [1.165, 1.54) is 15.6 Å². The first-order valence-electron chi connectivity index (χ1n) is 4.84. The first kappa shape index (κ1) is 9.91. The summed E-state index contributed by atoms with van der Waals surface area (Å²) in [5.41, 5.74) is 3.88. The number of aliphatic imine (C=N–C) groups is 1. The lowest BCUT2D eigenvalue weighted by molar-refractivity contribution is 0.512. The molecule has 1 aromatic rings. The van der Waals surface area contributed by atoms with Gasteiger partial charge in [0.15, 0.2) is 0 Å². The number of fused-ring (bicyclic) bond motifs is 1. The van der Waals surface area contributed by atoms with Crippen LogP contribution in [0.4, 0.5) is 0 Å². The van der Waals surface area contributed by atoms with Gasteiger partial charge in [-0.3, -0.25) is 4.99 Å². The van der Waals surface area contributed by atoms with Crippen LogP contribution in [0.15, 0.2) is 27.7 Å². The lowest BCUT2D eigenvalue weighted by Gasteiger charge is -2.28. The maximum absolute atomic E-state index is 4.69. The molecule has 0 amide bonds. The standard InChI is InChI=1S/C12H14BrN/c1-8-9-5-4-6-11(13)10(9)7-12(2,3)14-8/h4-6H,7H2,1-3H3. The molecule has 0 N–H and O–H groups in total. The Labute approximate surface area is 93.4 Å². The van der Waals surface area contributed by atoms with Crippen molar-refractivity contribution in [3.63, 3.8) is 0 Å². The molecular formula is C12H14BrN. The molecule has 0 fully saturated rings. The molecule has 2 heteroatoms. The average Bonchev–Trinajstić information content (AvgIpc) is 2.05. The fourth-order valence-corrected chi connectivity index (χ4v) is 2.57. The maximum atomic E-state index is 4.69. The van der Waals surface area contributed by atoms with E-state index in [2.05, 4.69) is 54.9 Å². The molecule has 1 nitrogen and oxygen atoms in total. The van der Waals surface area contributed by atoms with Gasteiger partial charge in [0.1, 0.15) is 0 Å². The van der Waals surface area contributed by atoms with Crippen molar-refractivity contribution < 1.29 is 0 Å². The number of hydrogen-bond donors (Lipinski definition) is 0. The van der Waals surface area contributed by atoms with Crippen molar-refractivity contribution in [1.29, 1.82) is 0 Å². The van der Waals surface area contributed by atoms with Crippen LogP contribution >= 0.6 is 15.9 Å². The smallest absolute Gasteiger partial charge is 0.0596 e. The molecule has 0 spiro atoms. The Morgan fingerprint density at radius 3 is 2.79 bits per heavy atom. The molecule has 1 aliphatic rings. The van der Waals surface area contributed by atoms with Crippen LogP contribution in [-0.4, -0.2) is 11.3 Å². The second-order valence-electron chi connectivity index (χ2n) is 4.45. The summed E-state index contributed by atoms with van der Waals surface area (Å²) >= 11 is 3.61. The summed E-state index contributed by atoms with van der Waals surface area (Å²) in [6.45, 7) is 6.45. The Kier molecular flexibility index (Phi) is 2.26. The van der Waals surface area contributed by atoms with Gasteiger partial charge in [-0.25, -0.2) is 0 Å². The highest BCUT2D eigenvalue weighted by Crippen LogP contribution is 2.31. The first-order chi connectivity index (χ1) is 6.49. The van der Waals surface area contributed by atoms with E-state index in [4.69, 9.17) is 4.99 Å². The number of nitrogens with zero attached hydrogens (tertiary/aromatic N) is 1. The van der Waals surface area contributed by atoms with Crippen molar-refractivity contribution in [1.82, 2.24) is 0 Å². The molecule has 0 unspecified atom stereocenters. The van der Waals surface area contributed by atoms with Crippen LogP contribution in [0.1, 0.15) is 31.9 Å². The molecule has 2 rings (SSSR count). The zero-order valence-corrected chi connectivity index (χ0v) is 10.4. The van der Waals surface area contributed by atoms with Crippen LogP contribution in [0.2, 0.25) is 0 Å². The van der Waals surface area contributed by atoms with Crippen LogP contribution in [0, 0.1) is 0 Å². The SMILES string of the molecule is CC1=NC(C)(C)Cc2c(Br)cccc21. The number of rotatable bonds is 0. The fourth-order valence-electron chi connectivity index (χ4n) is 2.06. The van der Waals surface area contributed by atoms with E-state index in [1.807, 2.05) is 0 Å². The molecule has 0 aromatic heterocycles. The number of halogens is 1. The molecule has 0 bridgehead atoms. The van der Waals surface area contributed by atoms with Gasteiger partial charge in [0, 0.05) is 10.2 Å². The summed E-state index contributed by atoms with van der Waals surface area (Å²) in [7, 11) is 0. The number of benzene rings is 1. The summed E-state index contributed by atoms with van der Waals surface area (Å²) in [6, 6.07) is 6.32. The van der Waals surface area contributed by atoms with Crippen molar-refractivity contribution in [3.05, 3.63) is 33.8 Å². The van der Waals surface area contributed by atoms with Crippen molar-refractivity contribution >= 4 is 21.6 Å². The summed E-state index contributed by atoms with van der Waals surface area (Å²) in [5, 5.41) is 0. The molecular weight excluding hydrogens is 238 g/mol. The van der Waals surface area contributed by atoms with Crippen molar-refractivity contribution in [2.45, 2.75) is 32.7 Å². The van der Waals surface area contributed by atoms with E-state index >= 15 is 0 Å². The molecule has 1 aliphatic heterocycles. The summed E-state index contributed by atoms with van der Waals surface area (Å²) in [5.74, 6) is 0. The largest absolute Gasteiger partial charge is 0.283 e. The molecule has 74 valence electrons. The Morgan fingerprint density at radius 2 is 2.07 bits per heavy atom. The van der Waals surface area contributed by atoms with Gasteiger partial charge in [-0.2, -0.15) is 0 Å². The Morgan fingerprint density at radius 1 is 1.36 bits per heavy atom. The topological polar surface area (TPSA) is 12.4 Å². The monoisotopic (exact) mass is 251 g/mol. The van der Waals surface area contributed by atoms with E-state index in [0.29, 0.717) is 0 Å². The predicted molar refractivity (Wildman–Crippen MR) is 64.1 cm³/mol. The molecule has 0 saturated heterocycles. The van der Waals surface area contributed by atoms with Gasteiger partial charge < -0.3 is 0 Å². The predicted octanol–water partition coefficient (Wildman–Crippen LogP) is 3.59.